The number of Topliss-reactive ketones (excluding diaryl/α,β-unsaturated/α-hetero) is 1. The number of hydrogen-bond donors (Lipinski definition) is 0. The van der Waals surface area contributed by atoms with Gasteiger partial charge in [-0.3, -0.25) is 9.48 Å². The van der Waals surface area contributed by atoms with Gasteiger partial charge in [-0.1, -0.05) is 13.0 Å². The molecule has 3 nitrogen and oxygen atoms in total. The molecule has 3 heteroatoms. The van der Waals surface area contributed by atoms with Crippen molar-refractivity contribution in [3.63, 3.8) is 0 Å². The summed E-state index contributed by atoms with van der Waals surface area (Å²) < 4.78 is 1.90. The first-order valence-electron chi connectivity index (χ1n) is 6.82. The Hall–Kier alpha value is -1.38. The second-order valence-corrected chi connectivity index (χ2v) is 5.59. The molecule has 0 aromatic carbocycles. The van der Waals surface area contributed by atoms with Crippen LogP contribution < -0.4 is 0 Å². The predicted octanol–water partition coefficient (Wildman–Crippen LogP) is 3.32. The summed E-state index contributed by atoms with van der Waals surface area (Å²) in [5.41, 5.74) is 1.89. The van der Waals surface area contributed by atoms with Gasteiger partial charge in [0, 0.05) is 12.2 Å². The number of rotatable bonds is 4. The minimum Gasteiger partial charge on any atom is -0.294 e. The molecule has 1 aromatic rings. The Morgan fingerprint density at radius 1 is 1.56 bits per heavy atom. The standard InChI is InChI=1S/C15H22N2O/c1-11(2)17-9-8-14(16-17)10-15(18)13-6-4-12(3)5-7-13/h6,8-9,11-12H,4-5,7,10H2,1-3H3. The van der Waals surface area contributed by atoms with Crippen LogP contribution in [0.5, 0.6) is 0 Å². The van der Waals surface area contributed by atoms with Crippen molar-refractivity contribution in [2.45, 2.75) is 52.5 Å². The maximum Gasteiger partial charge on any atom is 0.164 e. The van der Waals surface area contributed by atoms with E-state index in [9.17, 15) is 4.79 Å². The highest BCUT2D eigenvalue weighted by atomic mass is 16.1. The number of hydrogen-bond acceptors (Lipinski definition) is 2. The number of carbonyl (C=O) groups is 1. The van der Waals surface area contributed by atoms with Crippen molar-refractivity contribution in [1.82, 2.24) is 9.78 Å². The van der Waals surface area contributed by atoms with Gasteiger partial charge in [-0.05, 0) is 50.7 Å². The van der Waals surface area contributed by atoms with Crippen LogP contribution in [0.3, 0.4) is 0 Å². The number of allylic oxidation sites excluding steroid dienone is 2. The van der Waals surface area contributed by atoms with Gasteiger partial charge in [0.05, 0.1) is 12.1 Å². The van der Waals surface area contributed by atoms with Crippen molar-refractivity contribution in [3.8, 4) is 0 Å². The molecule has 1 aliphatic carbocycles. The lowest BCUT2D eigenvalue weighted by atomic mass is 9.88. The van der Waals surface area contributed by atoms with Gasteiger partial charge in [0.1, 0.15) is 0 Å². The highest BCUT2D eigenvalue weighted by Gasteiger charge is 2.17. The van der Waals surface area contributed by atoms with Gasteiger partial charge in [-0.2, -0.15) is 5.10 Å². The van der Waals surface area contributed by atoms with E-state index in [1.54, 1.807) is 0 Å². The summed E-state index contributed by atoms with van der Waals surface area (Å²) in [6.45, 7) is 6.41. The first-order valence-corrected chi connectivity index (χ1v) is 6.82. The maximum atomic E-state index is 12.1. The van der Waals surface area contributed by atoms with Crippen LogP contribution in [0.1, 0.15) is 51.8 Å². The van der Waals surface area contributed by atoms with E-state index in [0.29, 0.717) is 12.5 Å². The molecule has 0 spiro atoms. The van der Waals surface area contributed by atoms with E-state index in [1.165, 1.54) is 0 Å². The molecule has 0 bridgehead atoms. The average molecular weight is 246 g/mol. The molecule has 0 aliphatic heterocycles. The first kappa shape index (κ1) is 13.1. The largest absolute Gasteiger partial charge is 0.294 e. The Morgan fingerprint density at radius 3 is 2.89 bits per heavy atom. The second-order valence-electron chi connectivity index (χ2n) is 5.59. The molecule has 2 rings (SSSR count). The van der Waals surface area contributed by atoms with Crippen LogP contribution in [0.4, 0.5) is 0 Å². The van der Waals surface area contributed by atoms with Crippen LogP contribution in [-0.2, 0) is 11.2 Å². The van der Waals surface area contributed by atoms with Crippen molar-refractivity contribution in [2.24, 2.45) is 5.92 Å². The lowest BCUT2D eigenvalue weighted by Gasteiger charge is -2.16. The highest BCUT2D eigenvalue weighted by Crippen LogP contribution is 2.24. The van der Waals surface area contributed by atoms with Crippen LogP contribution in [0.2, 0.25) is 0 Å². The van der Waals surface area contributed by atoms with E-state index in [2.05, 4.69) is 31.9 Å². The maximum absolute atomic E-state index is 12.1. The monoisotopic (exact) mass is 246 g/mol. The van der Waals surface area contributed by atoms with E-state index in [-0.39, 0.29) is 5.78 Å². The highest BCUT2D eigenvalue weighted by molar-refractivity contribution is 5.96. The zero-order valence-corrected chi connectivity index (χ0v) is 11.5. The van der Waals surface area contributed by atoms with Gasteiger partial charge < -0.3 is 0 Å². The third kappa shape index (κ3) is 3.09. The Bertz CT molecular complexity index is 457. The van der Waals surface area contributed by atoms with Crippen molar-refractivity contribution in [1.29, 1.82) is 0 Å². The molecule has 98 valence electrons. The molecular formula is C15H22N2O. The normalized spacial score (nSPS) is 20.0. The summed E-state index contributed by atoms with van der Waals surface area (Å²) >= 11 is 0. The second kappa shape index (κ2) is 5.51. The molecule has 0 saturated heterocycles. The molecule has 0 radical (unpaired) electrons. The molecule has 0 fully saturated rings. The lowest BCUT2D eigenvalue weighted by Crippen LogP contribution is -2.12. The Morgan fingerprint density at radius 2 is 2.33 bits per heavy atom. The zero-order chi connectivity index (χ0) is 13.1. The summed E-state index contributed by atoms with van der Waals surface area (Å²) in [7, 11) is 0. The average Bonchev–Trinajstić information content (AvgIpc) is 2.78. The summed E-state index contributed by atoms with van der Waals surface area (Å²) in [5.74, 6) is 0.970. The zero-order valence-electron chi connectivity index (χ0n) is 11.5. The van der Waals surface area contributed by atoms with Crippen molar-refractivity contribution in [2.75, 3.05) is 0 Å². The molecule has 0 N–H and O–H groups in total. The van der Waals surface area contributed by atoms with Crippen LogP contribution in [0, 0.1) is 5.92 Å². The fourth-order valence-corrected chi connectivity index (χ4v) is 2.26. The van der Waals surface area contributed by atoms with E-state index >= 15 is 0 Å². The molecule has 1 atom stereocenters. The van der Waals surface area contributed by atoms with Gasteiger partial charge in [-0.25, -0.2) is 0 Å². The van der Waals surface area contributed by atoms with Crippen molar-refractivity contribution >= 4 is 5.78 Å². The Kier molecular flexibility index (Phi) is 4.00. The summed E-state index contributed by atoms with van der Waals surface area (Å²) in [6, 6.07) is 2.30. The van der Waals surface area contributed by atoms with E-state index in [0.717, 1.165) is 36.4 Å². The number of carbonyl (C=O) groups excluding carboxylic acids is 1. The number of nitrogens with zero attached hydrogens (tertiary/aromatic N) is 2. The van der Waals surface area contributed by atoms with Crippen LogP contribution in [-0.4, -0.2) is 15.6 Å². The van der Waals surface area contributed by atoms with Crippen LogP contribution >= 0.6 is 0 Å². The first-order chi connectivity index (χ1) is 8.56. The minimum atomic E-state index is 0.246. The fraction of sp³-hybridized carbons (Fsp3) is 0.600. The van der Waals surface area contributed by atoms with Crippen LogP contribution in [0.25, 0.3) is 0 Å². The fourth-order valence-electron chi connectivity index (χ4n) is 2.26. The van der Waals surface area contributed by atoms with Gasteiger partial charge in [-0.15, -0.1) is 0 Å². The molecule has 0 saturated carbocycles. The molecular weight excluding hydrogens is 224 g/mol. The Balaban J connectivity index is 1.98. The van der Waals surface area contributed by atoms with Gasteiger partial charge in [0.15, 0.2) is 5.78 Å². The minimum absolute atomic E-state index is 0.246. The molecule has 0 amide bonds. The van der Waals surface area contributed by atoms with Crippen LogP contribution in [0.15, 0.2) is 23.9 Å². The molecule has 1 aromatic heterocycles. The van der Waals surface area contributed by atoms with Gasteiger partial charge >= 0.3 is 0 Å². The number of aromatic nitrogens is 2. The van der Waals surface area contributed by atoms with Gasteiger partial charge in [0.25, 0.3) is 0 Å². The molecule has 1 aliphatic rings. The summed E-state index contributed by atoms with van der Waals surface area (Å²) in [6.07, 6.45) is 7.63. The number of ketones is 1. The van der Waals surface area contributed by atoms with E-state index in [4.69, 9.17) is 0 Å². The lowest BCUT2D eigenvalue weighted by molar-refractivity contribution is -0.115. The van der Waals surface area contributed by atoms with Gasteiger partial charge in [0.2, 0.25) is 0 Å². The third-order valence-corrected chi connectivity index (χ3v) is 3.57. The van der Waals surface area contributed by atoms with E-state index < -0.39 is 0 Å². The molecule has 1 unspecified atom stereocenters. The van der Waals surface area contributed by atoms with E-state index in [1.807, 2.05) is 16.9 Å². The molecule has 18 heavy (non-hydrogen) atoms. The quantitative estimate of drug-likeness (QED) is 0.816. The topological polar surface area (TPSA) is 34.9 Å². The molecule has 1 heterocycles. The predicted molar refractivity (Wildman–Crippen MR) is 72.4 cm³/mol. The van der Waals surface area contributed by atoms with Crippen molar-refractivity contribution in [3.05, 3.63) is 29.6 Å². The summed E-state index contributed by atoms with van der Waals surface area (Å²) in [4.78, 5) is 12.1. The Labute approximate surface area is 109 Å². The summed E-state index contributed by atoms with van der Waals surface area (Å²) in [5, 5.41) is 4.43. The third-order valence-electron chi connectivity index (χ3n) is 3.57. The van der Waals surface area contributed by atoms with Crippen molar-refractivity contribution < 1.29 is 4.79 Å². The SMILES string of the molecule is CC1CC=C(C(=O)Cc2ccn(C(C)C)n2)CC1. The smallest absolute Gasteiger partial charge is 0.164 e.